The molecule has 19 heteroatoms. The molecule has 0 fully saturated rings. The highest BCUT2D eigenvalue weighted by atomic mass is 16.6. The van der Waals surface area contributed by atoms with E-state index in [1.807, 2.05) is 53.7 Å². The largest absolute Gasteiger partial charge is 0.462 e. The third-order valence-electron chi connectivity index (χ3n) is 12.9. The van der Waals surface area contributed by atoms with Gasteiger partial charge in [-0.25, -0.2) is 15.0 Å². The van der Waals surface area contributed by atoms with Crippen molar-refractivity contribution in [2.24, 2.45) is 41.2 Å². The smallest absolute Gasteiger partial charge is 0.308 e. The molecule has 0 saturated heterocycles. The van der Waals surface area contributed by atoms with E-state index in [1.165, 1.54) is 25.9 Å². The minimum atomic E-state index is -1.67. The summed E-state index contributed by atoms with van der Waals surface area (Å²) in [4.78, 5) is 42.9. The van der Waals surface area contributed by atoms with Gasteiger partial charge in [0.05, 0.1) is 36.9 Å². The number of aliphatic hydroxyl groups excluding tert-OH is 3. The van der Waals surface area contributed by atoms with Crippen LogP contribution in [0.15, 0.2) is 50.4 Å². The number of rotatable bonds is 18. The maximum atomic E-state index is 14.0. The normalized spacial score (nSPS) is 26.5. The van der Waals surface area contributed by atoms with E-state index in [4.69, 9.17) is 47.4 Å². The lowest BCUT2D eigenvalue weighted by Gasteiger charge is -2.34. The summed E-state index contributed by atoms with van der Waals surface area (Å²) in [6.07, 6.45) is 7.21. The van der Waals surface area contributed by atoms with Crippen molar-refractivity contribution in [3.05, 3.63) is 48.7 Å². The fraction of sp³-hybridized carbons (Fsp3) is 0.688. The molecule has 0 spiro atoms. The number of ether oxygens (including phenoxy) is 6. The van der Waals surface area contributed by atoms with Crippen molar-refractivity contribution in [3.8, 4) is 23.2 Å². The highest BCUT2D eigenvalue weighted by Crippen LogP contribution is 2.34. The number of methoxy groups -OCH3 is 4. The second-order valence-electron chi connectivity index (χ2n) is 18.1. The molecule has 67 heavy (non-hydrogen) atoms. The number of fused-ring (bicyclic) bond motifs is 8. The summed E-state index contributed by atoms with van der Waals surface area (Å²) >= 11 is 0. The molecule has 0 radical (unpaired) electrons. The molecule has 0 amide bonds. The quantitative estimate of drug-likeness (QED) is 0.0824. The average molecular weight is 946 g/mol. The van der Waals surface area contributed by atoms with E-state index in [0.29, 0.717) is 29.9 Å². The Hall–Kier alpha value is -4.31. The van der Waals surface area contributed by atoms with Crippen LogP contribution in [-0.4, -0.2) is 132 Å². The molecule has 3 aromatic heterocycles. The number of oxazole rings is 3. The predicted octanol–water partition coefficient (Wildman–Crippen LogP) is 6.15. The molecule has 0 saturated carbocycles. The standard InChI is InChI=1S/C48H75N5O14/c1-27-19-33(66-48(49)58)21-43(57)67-41(22-40(60-9)28(2)15-16-37(55)30(4)44(61-10)29(3)17-18-53(7)26-54)32(6)39(59-8)13-12-14-42-50-35(24-63-42)46-52-36(25-65-46)47-51-34(23-64-47)45(62-11)31(5)38(56)20-27/h12,14,17-18,23-25,27-33,38-41,44-45,48,54,56,58H,13,15-16,19-22,26,49H2,1-11H3/b14-12?,18-17+/t27-,28-,29+,30-,31-,32+,33-,38-,39-,40-,41-,44+,45+,48+/m0/s1. The molecule has 0 unspecified atom stereocenters. The van der Waals surface area contributed by atoms with Crippen LogP contribution < -0.4 is 5.73 Å². The van der Waals surface area contributed by atoms with Crippen molar-refractivity contribution in [3.63, 3.8) is 0 Å². The summed E-state index contributed by atoms with van der Waals surface area (Å²) in [5.74, 6) is -1.54. The minimum absolute atomic E-state index is 0.0466. The predicted molar refractivity (Wildman–Crippen MR) is 246 cm³/mol. The maximum Gasteiger partial charge on any atom is 0.308 e. The van der Waals surface area contributed by atoms with Gasteiger partial charge in [-0.2, -0.15) is 0 Å². The lowest BCUT2D eigenvalue weighted by Crippen LogP contribution is -2.40. The molecule has 14 atom stereocenters. The van der Waals surface area contributed by atoms with Crippen molar-refractivity contribution in [1.82, 2.24) is 19.9 Å². The Morgan fingerprint density at radius 2 is 1.64 bits per heavy atom. The Morgan fingerprint density at radius 3 is 2.30 bits per heavy atom. The summed E-state index contributed by atoms with van der Waals surface area (Å²) in [6, 6.07) is 0. The molecular weight excluding hydrogens is 871 g/mol. The number of hydrogen-bond donors (Lipinski definition) is 4. The van der Waals surface area contributed by atoms with Crippen LogP contribution in [0.5, 0.6) is 0 Å². The van der Waals surface area contributed by atoms with Crippen LogP contribution in [0.3, 0.4) is 0 Å². The molecule has 376 valence electrons. The van der Waals surface area contributed by atoms with E-state index in [-0.39, 0.29) is 92.1 Å². The highest BCUT2D eigenvalue weighted by molar-refractivity contribution is 5.81. The van der Waals surface area contributed by atoms with E-state index in [2.05, 4.69) is 15.0 Å². The number of nitrogens with two attached hydrogens (primary N) is 1. The first-order chi connectivity index (χ1) is 31.9. The summed E-state index contributed by atoms with van der Waals surface area (Å²) in [5, 5.41) is 31.0. The van der Waals surface area contributed by atoms with E-state index >= 15 is 0 Å². The molecule has 0 aromatic carbocycles. The van der Waals surface area contributed by atoms with Crippen LogP contribution in [0, 0.1) is 35.5 Å². The molecule has 3 aromatic rings. The molecule has 6 bridgehead atoms. The van der Waals surface area contributed by atoms with E-state index in [9.17, 15) is 24.9 Å². The van der Waals surface area contributed by atoms with E-state index < -0.39 is 60.8 Å². The van der Waals surface area contributed by atoms with Crippen molar-refractivity contribution >= 4 is 17.8 Å². The first-order valence-electron chi connectivity index (χ1n) is 23.1. The van der Waals surface area contributed by atoms with Gasteiger partial charge >= 0.3 is 5.97 Å². The van der Waals surface area contributed by atoms with Gasteiger partial charge in [-0.1, -0.05) is 53.7 Å². The number of ketones is 1. The third-order valence-corrected chi connectivity index (χ3v) is 12.9. The highest BCUT2D eigenvalue weighted by Gasteiger charge is 2.36. The lowest BCUT2D eigenvalue weighted by molar-refractivity contribution is -0.170. The number of aliphatic hydroxyl groups is 3. The van der Waals surface area contributed by atoms with Gasteiger partial charge in [0.1, 0.15) is 49.2 Å². The topological polar surface area (TPSA) is 258 Å². The summed E-state index contributed by atoms with van der Waals surface area (Å²) < 4.78 is 52.8. The Bertz CT molecular complexity index is 1980. The minimum Gasteiger partial charge on any atom is -0.462 e. The molecule has 4 heterocycles. The number of aromatic nitrogens is 3. The van der Waals surface area contributed by atoms with Crippen LogP contribution in [0.1, 0.15) is 104 Å². The first kappa shape index (κ1) is 55.3. The number of nitrogens with zero attached hydrogens (tertiary/aromatic N) is 4. The Kier molecular flexibility index (Phi) is 22.3. The van der Waals surface area contributed by atoms with E-state index in [1.54, 1.807) is 45.6 Å². The van der Waals surface area contributed by atoms with E-state index in [0.717, 1.165) is 0 Å². The Morgan fingerprint density at radius 1 is 0.955 bits per heavy atom. The van der Waals surface area contributed by atoms with Crippen LogP contribution >= 0.6 is 0 Å². The van der Waals surface area contributed by atoms with Gasteiger partial charge in [-0.15, -0.1) is 0 Å². The number of esters is 1. The second kappa shape index (κ2) is 27.0. The molecule has 1 aliphatic heterocycles. The zero-order valence-electron chi connectivity index (χ0n) is 41.0. The SMILES string of the molecule is CO[C@H]([C@H](C)/C=C/N(C)CO)[C@@H](C)C(=O)CC[C@H](C)[C@H](C[C@@H]1OC(=O)C[C@@H](O[C@H](N)O)C[C@H](C)C[C@H](O)[C@H](C)[C@@H](OC)c2coc(n2)-c2coc(n2)-c2coc(n2)C=CC[C@H](OC)[C@H]1C)OC. The lowest BCUT2D eigenvalue weighted by atomic mass is 9.84. The fourth-order valence-corrected chi connectivity index (χ4v) is 8.76. The molecule has 1 aliphatic rings. The molecule has 5 N–H and O–H groups in total. The summed E-state index contributed by atoms with van der Waals surface area (Å²) in [6.45, 7) is 11.4. The molecule has 0 aliphatic carbocycles. The number of carbonyl (C=O) groups is 2. The van der Waals surface area contributed by atoms with Gasteiger partial charge in [0.25, 0.3) is 0 Å². The van der Waals surface area contributed by atoms with Gasteiger partial charge in [-0.3, -0.25) is 15.3 Å². The van der Waals surface area contributed by atoms with Crippen LogP contribution in [0.2, 0.25) is 0 Å². The summed E-state index contributed by atoms with van der Waals surface area (Å²) in [7, 11) is 8.04. The fourth-order valence-electron chi connectivity index (χ4n) is 8.76. The van der Waals surface area contributed by atoms with Crippen molar-refractivity contribution in [1.29, 1.82) is 0 Å². The number of cyclic esters (lactones) is 1. The van der Waals surface area contributed by atoms with Crippen LogP contribution in [0.4, 0.5) is 0 Å². The third kappa shape index (κ3) is 16.1. The maximum absolute atomic E-state index is 14.0. The van der Waals surface area contributed by atoms with Gasteiger partial charge in [-0.05, 0) is 49.8 Å². The van der Waals surface area contributed by atoms with Gasteiger partial charge < -0.3 is 61.9 Å². The number of Topliss-reactive ketones (excluding diaryl/α,β-unsaturated/α-hetero) is 1. The van der Waals surface area contributed by atoms with Crippen LogP contribution in [-0.2, 0) is 38.0 Å². The van der Waals surface area contributed by atoms with Crippen molar-refractivity contribution in [2.45, 2.75) is 136 Å². The zero-order chi connectivity index (χ0) is 49.4. The number of hydrogen-bond acceptors (Lipinski definition) is 19. The monoisotopic (exact) mass is 946 g/mol. The van der Waals surface area contributed by atoms with Crippen molar-refractivity contribution < 1.29 is 66.6 Å². The summed E-state index contributed by atoms with van der Waals surface area (Å²) in [5.41, 5.74) is 6.81. The van der Waals surface area contributed by atoms with Crippen molar-refractivity contribution in [2.75, 3.05) is 42.2 Å². The molecule has 4 rings (SSSR count). The average Bonchev–Trinajstić information content (AvgIpc) is 4.09. The zero-order valence-corrected chi connectivity index (χ0v) is 41.0. The second-order valence-corrected chi connectivity index (χ2v) is 18.1. The van der Waals surface area contributed by atoms with Gasteiger partial charge in [0.2, 0.25) is 24.1 Å². The van der Waals surface area contributed by atoms with Gasteiger partial charge in [0, 0.05) is 72.0 Å². The Labute approximate surface area is 394 Å². The first-order valence-corrected chi connectivity index (χ1v) is 23.1. The Balaban J connectivity index is 1.60. The number of carbonyl (C=O) groups excluding carboxylic acids is 2. The molecule has 19 nitrogen and oxygen atoms in total. The van der Waals surface area contributed by atoms with Gasteiger partial charge in [0.15, 0.2) is 11.4 Å². The molecular formula is C48H75N5O14. The van der Waals surface area contributed by atoms with Crippen LogP contribution in [0.25, 0.3) is 29.2 Å².